The second kappa shape index (κ2) is 5.13. The summed E-state index contributed by atoms with van der Waals surface area (Å²) in [6.07, 6.45) is 1.50. The van der Waals surface area contributed by atoms with Gasteiger partial charge in [-0.1, -0.05) is 0 Å². The van der Waals surface area contributed by atoms with Crippen molar-refractivity contribution in [2.24, 2.45) is 7.05 Å². The fraction of sp³-hybridized carbons (Fsp3) is 0.111. The number of rotatable bonds is 3. The number of hydrogen-bond donors (Lipinski definition) is 2. The number of carboxylic acids is 1. The molecule has 24 heavy (non-hydrogen) atoms. The smallest absolute Gasteiger partial charge is 0.336 e. The van der Waals surface area contributed by atoms with Crippen LogP contribution in [0.5, 0.6) is 5.75 Å². The van der Waals surface area contributed by atoms with E-state index in [0.717, 1.165) is 28.0 Å². The van der Waals surface area contributed by atoms with Crippen molar-refractivity contribution in [2.75, 3.05) is 7.11 Å². The van der Waals surface area contributed by atoms with Crippen LogP contribution in [0.1, 0.15) is 10.4 Å². The van der Waals surface area contributed by atoms with E-state index >= 15 is 0 Å². The van der Waals surface area contributed by atoms with Gasteiger partial charge in [-0.2, -0.15) is 0 Å². The summed E-state index contributed by atoms with van der Waals surface area (Å²) in [6, 6.07) is 11.3. The lowest BCUT2D eigenvalue weighted by atomic mass is 10.1. The third-order valence-electron chi connectivity index (χ3n) is 4.29. The summed E-state index contributed by atoms with van der Waals surface area (Å²) >= 11 is 0. The molecular weight excluding hydrogens is 306 g/mol. The predicted octanol–water partition coefficient (Wildman–Crippen LogP) is 3.43. The van der Waals surface area contributed by atoms with Gasteiger partial charge in [0, 0.05) is 29.5 Å². The largest absolute Gasteiger partial charge is 0.497 e. The minimum Gasteiger partial charge on any atom is -0.497 e. The lowest BCUT2D eigenvalue weighted by molar-refractivity contribution is 0.0699. The number of aryl methyl sites for hydroxylation is 1. The minimum absolute atomic E-state index is 0.239. The average molecular weight is 321 g/mol. The van der Waals surface area contributed by atoms with E-state index in [4.69, 9.17) is 4.74 Å². The molecule has 0 atom stereocenters. The van der Waals surface area contributed by atoms with Crippen molar-refractivity contribution in [3.8, 4) is 17.1 Å². The van der Waals surface area contributed by atoms with Crippen LogP contribution in [0.2, 0.25) is 0 Å². The second-order valence-electron chi connectivity index (χ2n) is 5.62. The highest BCUT2D eigenvalue weighted by Gasteiger charge is 2.15. The Balaban J connectivity index is 1.94. The van der Waals surface area contributed by atoms with Gasteiger partial charge in [0.2, 0.25) is 0 Å². The molecule has 6 heteroatoms. The van der Waals surface area contributed by atoms with Gasteiger partial charge in [-0.25, -0.2) is 9.78 Å². The SMILES string of the molecule is COc1ccc2c(c1)cc(-c1cc3c(C(=O)O)ccnc3[nH]1)n2C. The van der Waals surface area contributed by atoms with Crippen molar-refractivity contribution in [2.45, 2.75) is 0 Å². The number of pyridine rings is 1. The molecule has 0 aliphatic rings. The zero-order valence-electron chi connectivity index (χ0n) is 13.2. The molecule has 2 N–H and O–H groups in total. The number of benzene rings is 1. The molecule has 3 heterocycles. The van der Waals surface area contributed by atoms with Crippen LogP contribution in [0, 0.1) is 0 Å². The Kier molecular flexibility index (Phi) is 3.06. The average Bonchev–Trinajstić information content (AvgIpc) is 3.15. The first-order valence-electron chi connectivity index (χ1n) is 7.43. The lowest BCUT2D eigenvalue weighted by Crippen LogP contribution is -1.96. The monoisotopic (exact) mass is 321 g/mol. The highest BCUT2D eigenvalue weighted by atomic mass is 16.5. The number of hydrogen-bond acceptors (Lipinski definition) is 3. The van der Waals surface area contributed by atoms with Gasteiger partial charge >= 0.3 is 5.97 Å². The molecule has 1 aromatic carbocycles. The summed E-state index contributed by atoms with van der Waals surface area (Å²) in [6.45, 7) is 0. The third-order valence-corrected chi connectivity index (χ3v) is 4.29. The van der Waals surface area contributed by atoms with Gasteiger partial charge in [-0.05, 0) is 36.4 Å². The molecule has 0 bridgehead atoms. The van der Waals surface area contributed by atoms with E-state index < -0.39 is 5.97 Å². The quantitative estimate of drug-likeness (QED) is 0.606. The number of aromatic carboxylic acids is 1. The normalized spacial score (nSPS) is 11.2. The predicted molar refractivity (Wildman–Crippen MR) is 91.5 cm³/mol. The van der Waals surface area contributed by atoms with Crippen LogP contribution in [0.15, 0.2) is 42.6 Å². The molecule has 6 nitrogen and oxygen atoms in total. The molecule has 4 rings (SSSR count). The maximum Gasteiger partial charge on any atom is 0.336 e. The Morgan fingerprint density at radius 2 is 2.08 bits per heavy atom. The molecule has 0 amide bonds. The van der Waals surface area contributed by atoms with Gasteiger partial charge in [0.25, 0.3) is 0 Å². The van der Waals surface area contributed by atoms with E-state index in [9.17, 15) is 9.90 Å². The highest BCUT2D eigenvalue weighted by Crippen LogP contribution is 2.31. The van der Waals surface area contributed by atoms with Gasteiger partial charge in [0.1, 0.15) is 11.4 Å². The van der Waals surface area contributed by atoms with Crippen molar-refractivity contribution in [1.29, 1.82) is 0 Å². The Hall–Kier alpha value is -3.28. The summed E-state index contributed by atoms with van der Waals surface area (Å²) in [5, 5.41) is 11.0. The molecule has 3 aromatic heterocycles. The number of H-pyrrole nitrogens is 1. The van der Waals surface area contributed by atoms with Gasteiger partial charge in [0.15, 0.2) is 0 Å². The molecule has 120 valence electrons. The van der Waals surface area contributed by atoms with Crippen molar-refractivity contribution in [3.63, 3.8) is 0 Å². The Morgan fingerprint density at radius 3 is 2.83 bits per heavy atom. The van der Waals surface area contributed by atoms with E-state index in [1.54, 1.807) is 7.11 Å². The van der Waals surface area contributed by atoms with Crippen molar-refractivity contribution >= 4 is 27.9 Å². The summed E-state index contributed by atoms with van der Waals surface area (Å²) < 4.78 is 7.33. The Labute approximate surface area is 137 Å². The van der Waals surface area contributed by atoms with E-state index in [1.807, 2.05) is 37.4 Å². The van der Waals surface area contributed by atoms with Crippen LogP contribution in [0.3, 0.4) is 0 Å². The Bertz CT molecular complexity index is 1090. The topological polar surface area (TPSA) is 80.1 Å². The Morgan fingerprint density at radius 1 is 1.25 bits per heavy atom. The first-order valence-corrected chi connectivity index (χ1v) is 7.43. The van der Waals surface area contributed by atoms with Crippen LogP contribution in [-0.2, 0) is 7.05 Å². The van der Waals surface area contributed by atoms with Gasteiger partial charge in [-0.15, -0.1) is 0 Å². The molecule has 4 aromatic rings. The molecule has 0 unspecified atom stereocenters. The summed E-state index contributed by atoms with van der Waals surface area (Å²) in [7, 11) is 3.61. The number of fused-ring (bicyclic) bond motifs is 2. The minimum atomic E-state index is -0.963. The molecule has 0 saturated heterocycles. The highest BCUT2D eigenvalue weighted by molar-refractivity contribution is 6.03. The molecule has 0 aliphatic heterocycles. The van der Waals surface area contributed by atoms with Crippen molar-refractivity contribution in [1.82, 2.24) is 14.5 Å². The molecule has 0 fully saturated rings. The number of nitrogens with zero attached hydrogens (tertiary/aromatic N) is 2. The van der Waals surface area contributed by atoms with Gasteiger partial charge in [0.05, 0.1) is 24.1 Å². The van der Waals surface area contributed by atoms with Gasteiger partial charge < -0.3 is 19.4 Å². The molecule has 0 saturated carbocycles. The zero-order valence-corrected chi connectivity index (χ0v) is 13.2. The first kappa shape index (κ1) is 14.3. The first-order chi connectivity index (χ1) is 11.6. The van der Waals surface area contributed by atoms with Crippen molar-refractivity contribution in [3.05, 3.63) is 48.2 Å². The zero-order chi connectivity index (χ0) is 16.8. The van der Waals surface area contributed by atoms with Crippen LogP contribution < -0.4 is 4.74 Å². The molecule has 0 radical (unpaired) electrons. The fourth-order valence-corrected chi connectivity index (χ4v) is 3.06. The lowest BCUT2D eigenvalue weighted by Gasteiger charge is -2.02. The van der Waals surface area contributed by atoms with Crippen LogP contribution >= 0.6 is 0 Å². The van der Waals surface area contributed by atoms with E-state index in [0.29, 0.717) is 11.0 Å². The number of carboxylic acid groups (broad SMARTS) is 1. The standard InChI is InChI=1S/C18H15N3O3/c1-21-15-4-3-11(24-2)7-10(15)8-16(21)14-9-13-12(18(22)23)5-6-19-17(13)20-14/h3-9H,1-2H3,(H,19,20)(H,22,23). The van der Waals surface area contributed by atoms with Crippen LogP contribution in [0.4, 0.5) is 0 Å². The van der Waals surface area contributed by atoms with E-state index in [2.05, 4.69) is 14.5 Å². The van der Waals surface area contributed by atoms with Gasteiger partial charge in [-0.3, -0.25) is 0 Å². The maximum absolute atomic E-state index is 11.4. The second-order valence-corrected chi connectivity index (χ2v) is 5.62. The van der Waals surface area contributed by atoms with Crippen molar-refractivity contribution < 1.29 is 14.6 Å². The molecule has 0 spiro atoms. The number of aromatic nitrogens is 3. The maximum atomic E-state index is 11.4. The number of ether oxygens (including phenoxy) is 1. The number of aromatic amines is 1. The number of methoxy groups -OCH3 is 1. The number of nitrogens with one attached hydrogen (secondary N) is 1. The van der Waals surface area contributed by atoms with E-state index in [-0.39, 0.29) is 5.56 Å². The van der Waals surface area contributed by atoms with E-state index in [1.165, 1.54) is 12.3 Å². The molecule has 0 aliphatic carbocycles. The summed E-state index contributed by atoms with van der Waals surface area (Å²) in [5.41, 5.74) is 3.64. The summed E-state index contributed by atoms with van der Waals surface area (Å²) in [5.74, 6) is -0.166. The van der Waals surface area contributed by atoms with Crippen LogP contribution in [0.25, 0.3) is 33.3 Å². The summed E-state index contributed by atoms with van der Waals surface area (Å²) in [4.78, 5) is 18.8. The van der Waals surface area contributed by atoms with Crippen LogP contribution in [-0.4, -0.2) is 32.7 Å². The number of carbonyl (C=O) groups is 1. The fourth-order valence-electron chi connectivity index (χ4n) is 3.06. The third kappa shape index (κ3) is 2.04. The molecular formula is C18H15N3O3.